The van der Waals surface area contributed by atoms with E-state index in [2.05, 4.69) is 10.3 Å². The van der Waals surface area contributed by atoms with Crippen LogP contribution in [0.1, 0.15) is 48.0 Å². The molecule has 0 saturated heterocycles. The van der Waals surface area contributed by atoms with Gasteiger partial charge in [0.25, 0.3) is 11.6 Å². The molecule has 7 heteroatoms. The lowest BCUT2D eigenvalue weighted by molar-refractivity contribution is -0.385. The fourth-order valence-corrected chi connectivity index (χ4v) is 3.29. The number of amides is 1. The number of rotatable bonds is 6. The first kappa shape index (κ1) is 18.8. The summed E-state index contributed by atoms with van der Waals surface area (Å²) >= 11 is 0. The number of pyridine rings is 1. The summed E-state index contributed by atoms with van der Waals surface area (Å²) in [6.45, 7) is 2.24. The van der Waals surface area contributed by atoms with Crippen LogP contribution < -0.4 is 10.1 Å². The van der Waals surface area contributed by atoms with E-state index in [-0.39, 0.29) is 11.3 Å². The number of hydrogen-bond acceptors (Lipinski definition) is 5. The third-order valence-electron chi connectivity index (χ3n) is 4.87. The molecule has 142 valence electrons. The van der Waals surface area contributed by atoms with Crippen LogP contribution in [0.2, 0.25) is 0 Å². The molecule has 0 atom stereocenters. The molecule has 1 heterocycles. The minimum absolute atomic E-state index is 0.0857. The molecular formula is C20H23N3O4. The molecule has 1 aliphatic carbocycles. The number of nitro benzene ring substituents is 1. The smallest absolute Gasteiger partial charge is 0.273 e. The Labute approximate surface area is 157 Å². The molecule has 1 saturated carbocycles. The topological polar surface area (TPSA) is 94.4 Å². The van der Waals surface area contributed by atoms with E-state index < -0.39 is 10.8 Å². The van der Waals surface area contributed by atoms with E-state index in [1.165, 1.54) is 25.3 Å². The first-order chi connectivity index (χ1) is 13.0. The number of nitrogens with zero attached hydrogens (tertiary/aromatic N) is 2. The Morgan fingerprint density at radius 2 is 2.07 bits per heavy atom. The number of aryl methyl sites for hydroxylation is 1. The van der Waals surface area contributed by atoms with Gasteiger partial charge in [-0.05, 0) is 43.9 Å². The molecule has 1 N–H and O–H groups in total. The number of benzene rings is 1. The van der Waals surface area contributed by atoms with Crippen molar-refractivity contribution in [2.75, 3.05) is 11.9 Å². The number of nitro groups is 1. The minimum atomic E-state index is -0.494. The second-order valence-electron chi connectivity index (χ2n) is 6.88. The largest absolute Gasteiger partial charge is 0.489 e. The summed E-state index contributed by atoms with van der Waals surface area (Å²) in [4.78, 5) is 27.3. The van der Waals surface area contributed by atoms with Crippen LogP contribution in [-0.4, -0.2) is 22.4 Å². The molecule has 2 aromatic rings. The quantitative estimate of drug-likeness (QED) is 0.597. The van der Waals surface area contributed by atoms with Gasteiger partial charge in [0.05, 0.1) is 11.5 Å². The summed E-state index contributed by atoms with van der Waals surface area (Å²) in [6.07, 6.45) is 7.64. The van der Waals surface area contributed by atoms with E-state index >= 15 is 0 Å². The van der Waals surface area contributed by atoms with Crippen LogP contribution in [0.15, 0.2) is 36.5 Å². The van der Waals surface area contributed by atoms with Crippen LogP contribution in [-0.2, 0) is 0 Å². The Morgan fingerprint density at radius 1 is 1.30 bits per heavy atom. The highest BCUT2D eigenvalue weighted by Crippen LogP contribution is 2.27. The van der Waals surface area contributed by atoms with Gasteiger partial charge in [-0.2, -0.15) is 0 Å². The van der Waals surface area contributed by atoms with E-state index in [0.29, 0.717) is 29.7 Å². The Kier molecular flexibility index (Phi) is 6.01. The lowest BCUT2D eigenvalue weighted by Gasteiger charge is -2.22. The summed E-state index contributed by atoms with van der Waals surface area (Å²) in [7, 11) is 0. The molecule has 0 radical (unpaired) electrons. The molecule has 1 aromatic heterocycles. The SMILES string of the molecule is Cc1ccc(C(=O)Nc2ncccc2OCC2CCCCC2)cc1[N+](=O)[O-]. The maximum Gasteiger partial charge on any atom is 0.273 e. The molecule has 0 aliphatic heterocycles. The Balaban J connectivity index is 1.71. The molecule has 1 fully saturated rings. The summed E-state index contributed by atoms with van der Waals surface area (Å²) in [5, 5.41) is 13.8. The predicted octanol–water partition coefficient (Wildman–Crippen LogP) is 4.51. The lowest BCUT2D eigenvalue weighted by atomic mass is 9.90. The number of anilines is 1. The van der Waals surface area contributed by atoms with E-state index in [1.54, 1.807) is 37.4 Å². The number of nitrogens with one attached hydrogen (secondary N) is 1. The van der Waals surface area contributed by atoms with Gasteiger partial charge < -0.3 is 10.1 Å². The molecule has 1 aliphatic rings. The number of hydrogen-bond donors (Lipinski definition) is 1. The van der Waals surface area contributed by atoms with Gasteiger partial charge in [0.15, 0.2) is 11.6 Å². The van der Waals surface area contributed by atoms with Gasteiger partial charge in [-0.1, -0.05) is 25.3 Å². The summed E-state index contributed by atoms with van der Waals surface area (Å²) < 4.78 is 5.91. The van der Waals surface area contributed by atoms with Crippen molar-refractivity contribution < 1.29 is 14.5 Å². The Bertz CT molecular complexity index is 832. The average Bonchev–Trinajstić information content (AvgIpc) is 2.68. The Morgan fingerprint density at radius 3 is 2.81 bits per heavy atom. The normalized spacial score (nSPS) is 14.6. The lowest BCUT2D eigenvalue weighted by Crippen LogP contribution is -2.18. The van der Waals surface area contributed by atoms with Crippen LogP contribution in [0.5, 0.6) is 5.75 Å². The highest BCUT2D eigenvalue weighted by atomic mass is 16.6. The molecule has 0 bridgehead atoms. The predicted molar refractivity (Wildman–Crippen MR) is 102 cm³/mol. The van der Waals surface area contributed by atoms with Gasteiger partial charge in [0.1, 0.15) is 0 Å². The second-order valence-corrected chi connectivity index (χ2v) is 6.88. The summed E-state index contributed by atoms with van der Waals surface area (Å²) in [6, 6.07) is 7.91. The number of aromatic nitrogens is 1. The van der Waals surface area contributed by atoms with Crippen LogP contribution in [0.3, 0.4) is 0 Å². The Hall–Kier alpha value is -2.96. The first-order valence-corrected chi connectivity index (χ1v) is 9.19. The van der Waals surface area contributed by atoms with Crippen molar-refractivity contribution in [2.45, 2.75) is 39.0 Å². The third-order valence-corrected chi connectivity index (χ3v) is 4.87. The zero-order chi connectivity index (χ0) is 19.2. The van der Waals surface area contributed by atoms with Gasteiger partial charge >= 0.3 is 0 Å². The van der Waals surface area contributed by atoms with Gasteiger partial charge in [-0.3, -0.25) is 14.9 Å². The van der Waals surface area contributed by atoms with Gasteiger partial charge in [0.2, 0.25) is 0 Å². The van der Waals surface area contributed by atoms with Crippen molar-refractivity contribution in [3.63, 3.8) is 0 Å². The van der Waals surface area contributed by atoms with E-state index in [4.69, 9.17) is 4.74 Å². The number of carbonyl (C=O) groups is 1. The fourth-order valence-electron chi connectivity index (χ4n) is 3.29. The first-order valence-electron chi connectivity index (χ1n) is 9.19. The molecular weight excluding hydrogens is 346 g/mol. The molecule has 1 aromatic carbocycles. The number of carbonyl (C=O) groups excluding carboxylic acids is 1. The molecule has 3 rings (SSSR count). The van der Waals surface area contributed by atoms with E-state index in [1.807, 2.05) is 0 Å². The zero-order valence-electron chi connectivity index (χ0n) is 15.3. The minimum Gasteiger partial charge on any atom is -0.489 e. The molecule has 0 unspecified atom stereocenters. The second kappa shape index (κ2) is 8.62. The maximum absolute atomic E-state index is 12.5. The fraction of sp³-hybridized carbons (Fsp3) is 0.400. The van der Waals surface area contributed by atoms with Crippen LogP contribution in [0.25, 0.3) is 0 Å². The van der Waals surface area contributed by atoms with Crippen molar-refractivity contribution in [3.05, 3.63) is 57.8 Å². The average molecular weight is 369 g/mol. The van der Waals surface area contributed by atoms with Gasteiger partial charge in [0, 0.05) is 23.4 Å². The zero-order valence-corrected chi connectivity index (χ0v) is 15.3. The van der Waals surface area contributed by atoms with Crippen molar-refractivity contribution in [3.8, 4) is 5.75 Å². The summed E-state index contributed by atoms with van der Waals surface area (Å²) in [5.41, 5.74) is 0.625. The van der Waals surface area contributed by atoms with Crippen LogP contribution >= 0.6 is 0 Å². The van der Waals surface area contributed by atoms with Gasteiger partial charge in [-0.15, -0.1) is 0 Å². The van der Waals surface area contributed by atoms with E-state index in [0.717, 1.165) is 12.8 Å². The molecule has 1 amide bonds. The highest BCUT2D eigenvalue weighted by molar-refractivity contribution is 6.04. The van der Waals surface area contributed by atoms with Crippen molar-refractivity contribution in [2.24, 2.45) is 5.92 Å². The molecule has 7 nitrogen and oxygen atoms in total. The van der Waals surface area contributed by atoms with Crippen molar-refractivity contribution in [1.82, 2.24) is 4.98 Å². The van der Waals surface area contributed by atoms with Crippen molar-refractivity contribution >= 4 is 17.4 Å². The molecule has 0 spiro atoms. The monoisotopic (exact) mass is 369 g/mol. The third kappa shape index (κ3) is 4.81. The van der Waals surface area contributed by atoms with Gasteiger partial charge in [-0.25, -0.2) is 4.98 Å². The maximum atomic E-state index is 12.5. The van der Waals surface area contributed by atoms with Crippen LogP contribution in [0, 0.1) is 23.0 Å². The number of ether oxygens (including phenoxy) is 1. The summed E-state index contributed by atoms with van der Waals surface area (Å²) in [5.74, 6) is 0.904. The molecule has 27 heavy (non-hydrogen) atoms. The highest BCUT2D eigenvalue weighted by Gasteiger charge is 2.18. The van der Waals surface area contributed by atoms with Crippen molar-refractivity contribution in [1.29, 1.82) is 0 Å². The van der Waals surface area contributed by atoms with E-state index in [9.17, 15) is 14.9 Å². The standard InChI is InChI=1S/C20H23N3O4/c1-14-9-10-16(12-17(14)23(25)26)20(24)22-19-18(8-5-11-21-19)27-13-15-6-3-2-4-7-15/h5,8-12,15H,2-4,6-7,13H2,1H3,(H,21,22,24). The van der Waals surface area contributed by atoms with Crippen LogP contribution in [0.4, 0.5) is 11.5 Å².